The third-order valence-corrected chi connectivity index (χ3v) is 2.08. The maximum absolute atomic E-state index is 12.2. The van der Waals surface area contributed by atoms with Crippen molar-refractivity contribution >= 4 is 0 Å². The summed E-state index contributed by atoms with van der Waals surface area (Å²) >= 11 is 0. The Morgan fingerprint density at radius 2 is 1.83 bits per heavy atom. The third-order valence-electron chi connectivity index (χ3n) is 2.08. The van der Waals surface area contributed by atoms with Gasteiger partial charge in [0.05, 0.1) is 19.3 Å². The lowest BCUT2D eigenvalue weighted by Crippen LogP contribution is -2.26. The summed E-state index contributed by atoms with van der Waals surface area (Å²) in [6.07, 6.45) is -4.55. The number of nitrogens with zero attached hydrogens (tertiary/aromatic N) is 1. The van der Waals surface area contributed by atoms with Crippen LogP contribution in [0.5, 0.6) is 5.75 Å². The summed E-state index contributed by atoms with van der Waals surface area (Å²) in [5.74, 6) is -1.47. The predicted molar refractivity (Wildman–Crippen MR) is 57.9 cm³/mol. The van der Waals surface area contributed by atoms with Gasteiger partial charge in [-0.25, -0.2) is 0 Å². The lowest BCUT2D eigenvalue weighted by Gasteiger charge is -2.13. The monoisotopic (exact) mass is 259 g/mol. The highest BCUT2D eigenvalue weighted by molar-refractivity contribution is 5.20. The van der Waals surface area contributed by atoms with Crippen LogP contribution >= 0.6 is 0 Å². The highest BCUT2D eigenvalue weighted by Crippen LogP contribution is 2.25. The Bertz CT molecular complexity index is 387. The van der Waals surface area contributed by atoms with Crippen molar-refractivity contribution < 1.29 is 22.6 Å². The Kier molecular flexibility index (Phi) is 5.46. The molecule has 0 radical (unpaired) electrons. The summed E-state index contributed by atoms with van der Waals surface area (Å²) in [7, 11) is 0. The molecule has 18 heavy (non-hydrogen) atoms. The maximum Gasteiger partial charge on any atom is 0.406 e. The van der Waals surface area contributed by atoms with Crippen LogP contribution in [0.3, 0.4) is 0 Å². The van der Waals surface area contributed by atoms with Crippen molar-refractivity contribution in [2.45, 2.75) is 6.18 Å². The van der Waals surface area contributed by atoms with Gasteiger partial charge in [0, 0.05) is 0 Å². The van der Waals surface area contributed by atoms with E-state index in [1.54, 1.807) is 24.3 Å². The summed E-state index contributed by atoms with van der Waals surface area (Å²) in [5, 5.41) is 8.31. The molecule has 1 unspecified atom stereocenters. The van der Waals surface area contributed by atoms with E-state index >= 15 is 0 Å². The zero-order valence-electron chi connectivity index (χ0n) is 9.48. The van der Waals surface area contributed by atoms with Crippen molar-refractivity contribution in [1.82, 2.24) is 0 Å². The first-order chi connectivity index (χ1) is 8.54. The van der Waals surface area contributed by atoms with Gasteiger partial charge >= 0.3 is 6.18 Å². The predicted octanol–water partition coefficient (Wildman–Crippen LogP) is 2.78. The molecular weight excluding hydrogens is 247 g/mol. The van der Waals surface area contributed by atoms with Gasteiger partial charge in [0.25, 0.3) is 0 Å². The van der Waals surface area contributed by atoms with Crippen molar-refractivity contribution in [3.05, 3.63) is 30.3 Å². The van der Waals surface area contributed by atoms with Crippen LogP contribution < -0.4 is 4.74 Å². The fourth-order valence-corrected chi connectivity index (χ4v) is 1.14. The molecule has 98 valence electrons. The first kappa shape index (κ1) is 14.3. The van der Waals surface area contributed by atoms with Gasteiger partial charge in [0.1, 0.15) is 12.4 Å². The molecule has 0 aliphatic carbocycles. The van der Waals surface area contributed by atoms with Crippen LogP contribution in [0.1, 0.15) is 0 Å². The molecule has 0 aliphatic rings. The second kappa shape index (κ2) is 6.87. The summed E-state index contributed by atoms with van der Waals surface area (Å²) in [6.45, 7) is -0.526. The molecule has 1 rings (SSSR count). The van der Waals surface area contributed by atoms with E-state index in [1.807, 2.05) is 6.07 Å². The molecule has 0 heterocycles. The minimum absolute atomic E-state index is 0.00313. The lowest BCUT2D eigenvalue weighted by molar-refractivity contribution is -0.172. The number of rotatable bonds is 6. The van der Waals surface area contributed by atoms with Gasteiger partial charge in [0.2, 0.25) is 0 Å². The second-order valence-electron chi connectivity index (χ2n) is 3.46. The molecule has 0 aliphatic heterocycles. The van der Waals surface area contributed by atoms with Crippen molar-refractivity contribution in [1.29, 1.82) is 5.26 Å². The van der Waals surface area contributed by atoms with E-state index in [4.69, 9.17) is 14.7 Å². The number of para-hydroxylation sites is 1. The zero-order valence-corrected chi connectivity index (χ0v) is 9.48. The van der Waals surface area contributed by atoms with Crippen molar-refractivity contribution in [3.63, 3.8) is 0 Å². The van der Waals surface area contributed by atoms with Gasteiger partial charge in [0.15, 0.2) is 5.92 Å². The standard InChI is InChI=1S/C12H12F3NO2/c13-12(14,15)10(8-16)9-17-6-7-18-11-4-2-1-3-5-11/h1-5,10H,6-7,9H2. The van der Waals surface area contributed by atoms with Gasteiger partial charge in [-0.05, 0) is 12.1 Å². The highest BCUT2D eigenvalue weighted by atomic mass is 19.4. The Morgan fingerprint density at radius 3 is 2.39 bits per heavy atom. The fraction of sp³-hybridized carbons (Fsp3) is 0.417. The van der Waals surface area contributed by atoms with E-state index < -0.39 is 18.7 Å². The Hall–Kier alpha value is -1.74. The number of hydrogen-bond donors (Lipinski definition) is 0. The van der Waals surface area contributed by atoms with Crippen LogP contribution in [0.4, 0.5) is 13.2 Å². The Labute approximate surface area is 103 Å². The minimum atomic E-state index is -4.55. The largest absolute Gasteiger partial charge is 0.491 e. The Morgan fingerprint density at radius 1 is 1.17 bits per heavy atom. The van der Waals surface area contributed by atoms with Crippen LogP contribution in [0.15, 0.2) is 30.3 Å². The first-order valence-corrected chi connectivity index (χ1v) is 5.26. The quantitative estimate of drug-likeness (QED) is 0.738. The second-order valence-corrected chi connectivity index (χ2v) is 3.46. The topological polar surface area (TPSA) is 42.2 Å². The van der Waals surface area contributed by atoms with Crippen molar-refractivity contribution in [2.24, 2.45) is 5.92 Å². The molecule has 0 spiro atoms. The molecule has 0 aromatic heterocycles. The van der Waals surface area contributed by atoms with Crippen molar-refractivity contribution in [2.75, 3.05) is 19.8 Å². The summed E-state index contributed by atoms with van der Waals surface area (Å²) in [6, 6.07) is 10.0. The molecule has 3 nitrogen and oxygen atoms in total. The van der Waals surface area contributed by atoms with Gasteiger partial charge < -0.3 is 9.47 Å². The number of hydrogen-bond acceptors (Lipinski definition) is 3. The number of nitriles is 1. The summed E-state index contributed by atoms with van der Waals surface area (Å²) in [5.41, 5.74) is 0. The molecule has 0 N–H and O–H groups in total. The number of benzene rings is 1. The summed E-state index contributed by atoms with van der Waals surface area (Å²) in [4.78, 5) is 0. The van der Waals surface area contributed by atoms with E-state index in [0.29, 0.717) is 5.75 Å². The summed E-state index contributed by atoms with van der Waals surface area (Å²) < 4.78 is 46.5. The van der Waals surface area contributed by atoms with Crippen LogP contribution in [0, 0.1) is 17.2 Å². The molecule has 1 atom stereocenters. The van der Waals surface area contributed by atoms with E-state index in [-0.39, 0.29) is 13.2 Å². The molecule has 0 amide bonds. The van der Waals surface area contributed by atoms with Crippen LogP contribution in [-0.4, -0.2) is 26.0 Å². The third kappa shape index (κ3) is 5.06. The fourth-order valence-electron chi connectivity index (χ4n) is 1.14. The first-order valence-electron chi connectivity index (χ1n) is 5.26. The molecule has 1 aromatic rings. The van der Waals surface area contributed by atoms with E-state index in [2.05, 4.69) is 0 Å². The molecule has 0 saturated carbocycles. The lowest BCUT2D eigenvalue weighted by atomic mass is 10.2. The van der Waals surface area contributed by atoms with Gasteiger partial charge in [-0.15, -0.1) is 0 Å². The number of halogens is 3. The molecule has 0 bridgehead atoms. The molecule has 0 fully saturated rings. The Balaban J connectivity index is 2.18. The average Bonchev–Trinajstić information content (AvgIpc) is 2.33. The number of alkyl halides is 3. The normalized spacial score (nSPS) is 12.8. The van der Waals surface area contributed by atoms with E-state index in [9.17, 15) is 13.2 Å². The van der Waals surface area contributed by atoms with E-state index in [1.165, 1.54) is 0 Å². The smallest absolute Gasteiger partial charge is 0.406 e. The van der Waals surface area contributed by atoms with Crippen LogP contribution in [-0.2, 0) is 4.74 Å². The van der Waals surface area contributed by atoms with Gasteiger partial charge in [-0.1, -0.05) is 18.2 Å². The van der Waals surface area contributed by atoms with Gasteiger partial charge in [-0.3, -0.25) is 0 Å². The molecular formula is C12H12F3NO2. The minimum Gasteiger partial charge on any atom is -0.491 e. The molecule has 0 saturated heterocycles. The van der Waals surface area contributed by atoms with Crippen molar-refractivity contribution in [3.8, 4) is 11.8 Å². The number of ether oxygens (including phenoxy) is 2. The maximum atomic E-state index is 12.2. The molecule has 6 heteroatoms. The SMILES string of the molecule is N#CC(COCCOc1ccccc1)C(F)(F)F. The van der Waals surface area contributed by atoms with Crippen LogP contribution in [0.25, 0.3) is 0 Å². The highest BCUT2D eigenvalue weighted by Gasteiger charge is 2.39. The molecule has 1 aromatic carbocycles. The average molecular weight is 259 g/mol. The van der Waals surface area contributed by atoms with Gasteiger partial charge in [-0.2, -0.15) is 18.4 Å². The van der Waals surface area contributed by atoms with E-state index in [0.717, 1.165) is 6.07 Å². The zero-order chi connectivity index (χ0) is 13.4. The van der Waals surface area contributed by atoms with Crippen LogP contribution in [0.2, 0.25) is 0 Å².